The molecule has 0 heterocycles. The molecule has 0 bridgehead atoms. The lowest BCUT2D eigenvalue weighted by atomic mass is 9.91. The molecule has 82 valence electrons. The standard InChI is InChI=1S/C15H22/c1-3-5-10-14(9-4-2)13-15-11-7-6-8-12-15/h4,6-8,11-12,14H,2-3,5,9-10,13H2,1H3. The van der Waals surface area contributed by atoms with Gasteiger partial charge in [0.05, 0.1) is 0 Å². The van der Waals surface area contributed by atoms with Crippen molar-refractivity contribution >= 4 is 0 Å². The predicted octanol–water partition coefficient (Wildman–Crippen LogP) is 4.61. The fraction of sp³-hybridized carbons (Fsp3) is 0.467. The molecule has 0 nitrogen and oxygen atoms in total. The topological polar surface area (TPSA) is 0 Å². The van der Waals surface area contributed by atoms with Gasteiger partial charge < -0.3 is 0 Å². The number of benzene rings is 1. The van der Waals surface area contributed by atoms with Crippen LogP contribution in [0.4, 0.5) is 0 Å². The van der Waals surface area contributed by atoms with Crippen LogP contribution >= 0.6 is 0 Å². The minimum atomic E-state index is 0.782. The Morgan fingerprint density at radius 3 is 2.60 bits per heavy atom. The predicted molar refractivity (Wildman–Crippen MR) is 68.0 cm³/mol. The van der Waals surface area contributed by atoms with Crippen LogP contribution in [0.2, 0.25) is 0 Å². The van der Waals surface area contributed by atoms with E-state index in [1.807, 2.05) is 0 Å². The van der Waals surface area contributed by atoms with Crippen LogP contribution in [-0.4, -0.2) is 0 Å². The molecule has 0 N–H and O–H groups in total. The highest BCUT2D eigenvalue weighted by molar-refractivity contribution is 5.15. The first-order valence-electron chi connectivity index (χ1n) is 6.01. The van der Waals surface area contributed by atoms with Crippen LogP contribution < -0.4 is 0 Å². The first-order chi connectivity index (χ1) is 7.36. The van der Waals surface area contributed by atoms with Crippen molar-refractivity contribution in [3.63, 3.8) is 0 Å². The van der Waals surface area contributed by atoms with Gasteiger partial charge in [0.2, 0.25) is 0 Å². The smallest absolute Gasteiger partial charge is 0.0247 e. The van der Waals surface area contributed by atoms with Gasteiger partial charge in [-0.2, -0.15) is 0 Å². The zero-order valence-corrected chi connectivity index (χ0v) is 9.78. The van der Waals surface area contributed by atoms with Gasteiger partial charge in [-0.05, 0) is 30.7 Å². The Balaban J connectivity index is 2.46. The summed E-state index contributed by atoms with van der Waals surface area (Å²) < 4.78 is 0. The molecule has 0 radical (unpaired) electrons. The highest BCUT2D eigenvalue weighted by Crippen LogP contribution is 2.18. The van der Waals surface area contributed by atoms with E-state index in [1.165, 1.54) is 31.2 Å². The summed E-state index contributed by atoms with van der Waals surface area (Å²) in [6.07, 6.45) is 8.37. The average Bonchev–Trinajstić information content (AvgIpc) is 2.28. The minimum Gasteiger partial charge on any atom is -0.103 e. The molecule has 0 amide bonds. The molecule has 0 fully saturated rings. The maximum absolute atomic E-state index is 3.85. The number of allylic oxidation sites excluding steroid dienone is 1. The normalized spacial score (nSPS) is 12.3. The fourth-order valence-corrected chi connectivity index (χ4v) is 1.98. The van der Waals surface area contributed by atoms with Crippen molar-refractivity contribution in [2.75, 3.05) is 0 Å². The van der Waals surface area contributed by atoms with Crippen LogP contribution in [0.1, 0.15) is 38.2 Å². The van der Waals surface area contributed by atoms with Gasteiger partial charge in [-0.1, -0.05) is 56.2 Å². The van der Waals surface area contributed by atoms with Crippen molar-refractivity contribution in [2.45, 2.75) is 39.0 Å². The van der Waals surface area contributed by atoms with Crippen molar-refractivity contribution in [1.82, 2.24) is 0 Å². The second-order valence-corrected chi connectivity index (χ2v) is 4.22. The fourth-order valence-electron chi connectivity index (χ4n) is 1.98. The van der Waals surface area contributed by atoms with Gasteiger partial charge in [0.1, 0.15) is 0 Å². The van der Waals surface area contributed by atoms with Crippen LogP contribution in [-0.2, 0) is 6.42 Å². The lowest BCUT2D eigenvalue weighted by molar-refractivity contribution is 0.468. The van der Waals surface area contributed by atoms with Gasteiger partial charge in [0.15, 0.2) is 0 Å². The van der Waals surface area contributed by atoms with E-state index in [9.17, 15) is 0 Å². The maximum atomic E-state index is 3.85. The van der Waals surface area contributed by atoms with Crippen LogP contribution in [0.15, 0.2) is 43.0 Å². The molecule has 1 aromatic rings. The molecular formula is C15H22. The van der Waals surface area contributed by atoms with E-state index < -0.39 is 0 Å². The van der Waals surface area contributed by atoms with E-state index in [4.69, 9.17) is 0 Å². The molecule has 1 rings (SSSR count). The number of unbranched alkanes of at least 4 members (excludes halogenated alkanes) is 1. The van der Waals surface area contributed by atoms with E-state index in [-0.39, 0.29) is 0 Å². The highest BCUT2D eigenvalue weighted by Gasteiger charge is 2.06. The SMILES string of the molecule is C=CCC(CCCC)Cc1ccccc1. The third-order valence-electron chi connectivity index (χ3n) is 2.83. The Bertz CT molecular complexity index is 261. The molecular weight excluding hydrogens is 180 g/mol. The van der Waals surface area contributed by atoms with E-state index >= 15 is 0 Å². The van der Waals surface area contributed by atoms with Crippen LogP contribution in [0.25, 0.3) is 0 Å². The molecule has 0 spiro atoms. The molecule has 0 saturated carbocycles. The van der Waals surface area contributed by atoms with Gasteiger partial charge in [-0.3, -0.25) is 0 Å². The van der Waals surface area contributed by atoms with Crippen LogP contribution in [0, 0.1) is 5.92 Å². The number of hydrogen-bond donors (Lipinski definition) is 0. The average molecular weight is 202 g/mol. The largest absolute Gasteiger partial charge is 0.103 e. The molecule has 0 aliphatic carbocycles. The molecule has 0 aliphatic heterocycles. The summed E-state index contributed by atoms with van der Waals surface area (Å²) in [6, 6.07) is 10.8. The van der Waals surface area contributed by atoms with Crippen molar-refractivity contribution in [1.29, 1.82) is 0 Å². The summed E-state index contributed by atoms with van der Waals surface area (Å²) >= 11 is 0. The molecule has 0 aromatic heterocycles. The molecule has 0 heteroatoms. The minimum absolute atomic E-state index is 0.782. The van der Waals surface area contributed by atoms with E-state index in [0.717, 1.165) is 12.3 Å². The molecule has 1 aromatic carbocycles. The van der Waals surface area contributed by atoms with Gasteiger partial charge in [0, 0.05) is 0 Å². The zero-order valence-electron chi connectivity index (χ0n) is 9.78. The first kappa shape index (κ1) is 12.0. The quantitative estimate of drug-likeness (QED) is 0.566. The Morgan fingerprint density at radius 2 is 2.00 bits per heavy atom. The Hall–Kier alpha value is -1.04. The summed E-state index contributed by atoms with van der Waals surface area (Å²) in [5.74, 6) is 0.782. The Labute approximate surface area is 94.0 Å². The summed E-state index contributed by atoms with van der Waals surface area (Å²) in [5, 5.41) is 0. The van der Waals surface area contributed by atoms with E-state index in [0.29, 0.717) is 0 Å². The molecule has 1 unspecified atom stereocenters. The van der Waals surface area contributed by atoms with Gasteiger partial charge in [0.25, 0.3) is 0 Å². The van der Waals surface area contributed by atoms with Crippen molar-refractivity contribution < 1.29 is 0 Å². The highest BCUT2D eigenvalue weighted by atomic mass is 14.1. The second kappa shape index (κ2) is 7.28. The van der Waals surface area contributed by atoms with Crippen molar-refractivity contribution in [2.24, 2.45) is 5.92 Å². The maximum Gasteiger partial charge on any atom is -0.0247 e. The van der Waals surface area contributed by atoms with Gasteiger partial charge in [-0.25, -0.2) is 0 Å². The third-order valence-corrected chi connectivity index (χ3v) is 2.83. The summed E-state index contributed by atoms with van der Waals surface area (Å²) in [5.41, 5.74) is 1.46. The van der Waals surface area contributed by atoms with Crippen molar-refractivity contribution in [3.05, 3.63) is 48.6 Å². The third kappa shape index (κ3) is 4.83. The molecule has 1 atom stereocenters. The lowest BCUT2D eigenvalue weighted by Gasteiger charge is -2.14. The van der Waals surface area contributed by atoms with Crippen LogP contribution in [0.5, 0.6) is 0 Å². The van der Waals surface area contributed by atoms with Crippen LogP contribution in [0.3, 0.4) is 0 Å². The van der Waals surface area contributed by atoms with Gasteiger partial charge in [-0.15, -0.1) is 6.58 Å². The first-order valence-corrected chi connectivity index (χ1v) is 6.01. The summed E-state index contributed by atoms with van der Waals surface area (Å²) in [6.45, 7) is 6.11. The lowest BCUT2D eigenvalue weighted by Crippen LogP contribution is -2.03. The molecule has 0 aliphatic rings. The van der Waals surface area contributed by atoms with E-state index in [1.54, 1.807) is 0 Å². The van der Waals surface area contributed by atoms with Crippen molar-refractivity contribution in [3.8, 4) is 0 Å². The van der Waals surface area contributed by atoms with Gasteiger partial charge >= 0.3 is 0 Å². The summed E-state index contributed by atoms with van der Waals surface area (Å²) in [7, 11) is 0. The summed E-state index contributed by atoms with van der Waals surface area (Å²) in [4.78, 5) is 0. The number of rotatable bonds is 7. The monoisotopic (exact) mass is 202 g/mol. The molecule has 15 heavy (non-hydrogen) atoms. The Kier molecular flexibility index (Phi) is 5.84. The number of hydrogen-bond acceptors (Lipinski definition) is 0. The zero-order chi connectivity index (χ0) is 10.9. The second-order valence-electron chi connectivity index (χ2n) is 4.22. The molecule has 0 saturated heterocycles. The Morgan fingerprint density at radius 1 is 1.27 bits per heavy atom. The van der Waals surface area contributed by atoms with E-state index in [2.05, 4.69) is 49.9 Å².